The molecule has 0 bridgehead atoms. The van der Waals surface area contributed by atoms with E-state index in [4.69, 9.17) is 11.6 Å². The quantitative estimate of drug-likeness (QED) is 0.673. The van der Waals surface area contributed by atoms with E-state index in [1.54, 1.807) is 24.4 Å². The fourth-order valence-electron chi connectivity index (χ4n) is 1.47. The summed E-state index contributed by atoms with van der Waals surface area (Å²) < 4.78 is 0.804. The highest BCUT2D eigenvalue weighted by atomic mass is 79.9. The highest BCUT2D eigenvalue weighted by Gasteiger charge is 2.05. The van der Waals surface area contributed by atoms with Crippen molar-refractivity contribution in [2.24, 2.45) is 0 Å². The predicted octanol–water partition coefficient (Wildman–Crippen LogP) is 4.02. The molecule has 7 heteroatoms. The average Bonchev–Trinajstić information content (AvgIpc) is 2.38. The molecule has 0 unspecified atom stereocenters. The summed E-state index contributed by atoms with van der Waals surface area (Å²) in [6.45, 7) is 0.492. The van der Waals surface area contributed by atoms with Gasteiger partial charge in [-0.2, -0.15) is 0 Å². The van der Waals surface area contributed by atoms with E-state index in [-0.39, 0.29) is 5.69 Å². The molecule has 0 saturated heterocycles. The molecule has 0 radical (unpaired) electrons. The number of benzene rings is 1. The summed E-state index contributed by atoms with van der Waals surface area (Å²) in [5.41, 5.74) is 0.981. The number of halogens is 2. The summed E-state index contributed by atoms with van der Waals surface area (Å²) in [7, 11) is 0. The van der Waals surface area contributed by atoms with Gasteiger partial charge in [-0.25, -0.2) is 4.98 Å². The Bertz CT molecular complexity index is 604. The standard InChI is InChI=1S/C12H9BrClN3O2/c13-9-5-11(14)12(16-7-9)15-6-8-1-3-10(4-2-8)17(18)19/h1-5,7H,6H2,(H,15,16). The Morgan fingerprint density at radius 3 is 2.63 bits per heavy atom. The molecule has 0 aliphatic rings. The van der Waals surface area contributed by atoms with Gasteiger partial charge in [0, 0.05) is 29.3 Å². The van der Waals surface area contributed by atoms with Crippen LogP contribution in [0.3, 0.4) is 0 Å². The molecule has 0 saturated carbocycles. The maximum absolute atomic E-state index is 10.5. The Kier molecular flexibility index (Phi) is 4.34. The fraction of sp³-hybridized carbons (Fsp3) is 0.0833. The third kappa shape index (κ3) is 3.65. The predicted molar refractivity (Wildman–Crippen MR) is 77.4 cm³/mol. The van der Waals surface area contributed by atoms with E-state index in [2.05, 4.69) is 26.2 Å². The first kappa shape index (κ1) is 13.8. The maximum Gasteiger partial charge on any atom is 0.269 e. The molecule has 1 N–H and O–H groups in total. The monoisotopic (exact) mass is 341 g/mol. The molecule has 2 aromatic rings. The van der Waals surface area contributed by atoms with Gasteiger partial charge in [-0.15, -0.1) is 0 Å². The molecule has 0 amide bonds. The minimum absolute atomic E-state index is 0.0727. The van der Waals surface area contributed by atoms with Crippen LogP contribution in [0.15, 0.2) is 41.0 Å². The second kappa shape index (κ2) is 5.99. The summed E-state index contributed by atoms with van der Waals surface area (Å²) in [6, 6.07) is 8.06. The SMILES string of the molecule is O=[N+]([O-])c1ccc(CNc2ncc(Br)cc2Cl)cc1. The number of nitro benzene ring substituents is 1. The van der Waals surface area contributed by atoms with Crippen LogP contribution in [0.25, 0.3) is 0 Å². The number of hydrogen-bond acceptors (Lipinski definition) is 4. The lowest BCUT2D eigenvalue weighted by atomic mass is 10.2. The molecular weight excluding hydrogens is 334 g/mol. The zero-order valence-electron chi connectivity index (χ0n) is 9.64. The van der Waals surface area contributed by atoms with Crippen LogP contribution in [0, 0.1) is 10.1 Å². The molecule has 0 aliphatic carbocycles. The van der Waals surface area contributed by atoms with E-state index >= 15 is 0 Å². The minimum Gasteiger partial charge on any atom is -0.365 e. The first-order chi connectivity index (χ1) is 9.06. The van der Waals surface area contributed by atoms with Crippen LogP contribution >= 0.6 is 27.5 Å². The minimum atomic E-state index is -0.426. The number of rotatable bonds is 4. The Hall–Kier alpha value is -1.66. The summed E-state index contributed by atoms with van der Waals surface area (Å²) in [5.74, 6) is 0.572. The Morgan fingerprint density at radius 1 is 1.37 bits per heavy atom. The highest BCUT2D eigenvalue weighted by molar-refractivity contribution is 9.10. The smallest absolute Gasteiger partial charge is 0.269 e. The molecule has 0 atom stereocenters. The lowest BCUT2D eigenvalue weighted by Gasteiger charge is -2.07. The zero-order valence-corrected chi connectivity index (χ0v) is 12.0. The van der Waals surface area contributed by atoms with E-state index in [9.17, 15) is 10.1 Å². The Morgan fingerprint density at radius 2 is 2.05 bits per heavy atom. The highest BCUT2D eigenvalue weighted by Crippen LogP contribution is 2.23. The first-order valence-corrected chi connectivity index (χ1v) is 6.51. The number of anilines is 1. The molecule has 98 valence electrons. The number of pyridine rings is 1. The van der Waals surface area contributed by atoms with Crippen LogP contribution < -0.4 is 5.32 Å². The van der Waals surface area contributed by atoms with Crippen molar-refractivity contribution < 1.29 is 4.92 Å². The summed E-state index contributed by atoms with van der Waals surface area (Å²) in [5, 5.41) is 14.1. The van der Waals surface area contributed by atoms with Crippen LogP contribution in [0.5, 0.6) is 0 Å². The van der Waals surface area contributed by atoms with Gasteiger partial charge in [-0.1, -0.05) is 23.7 Å². The molecule has 1 aromatic heterocycles. The third-order valence-corrected chi connectivity index (χ3v) is 3.14. The normalized spacial score (nSPS) is 10.2. The van der Waals surface area contributed by atoms with Gasteiger partial charge >= 0.3 is 0 Å². The van der Waals surface area contributed by atoms with Crippen LogP contribution in [-0.2, 0) is 6.54 Å². The van der Waals surface area contributed by atoms with Crippen LogP contribution in [0.4, 0.5) is 11.5 Å². The van der Waals surface area contributed by atoms with Crippen LogP contribution in [0.1, 0.15) is 5.56 Å². The molecule has 0 aliphatic heterocycles. The van der Waals surface area contributed by atoms with Gasteiger partial charge in [0.05, 0.1) is 9.95 Å². The number of aromatic nitrogens is 1. The van der Waals surface area contributed by atoms with Crippen LogP contribution in [-0.4, -0.2) is 9.91 Å². The Labute approximate surface area is 122 Å². The van der Waals surface area contributed by atoms with Gasteiger partial charge < -0.3 is 5.32 Å². The summed E-state index contributed by atoms with van der Waals surface area (Å²) in [4.78, 5) is 14.2. The van der Waals surface area contributed by atoms with Gasteiger partial charge in [-0.05, 0) is 27.6 Å². The van der Waals surface area contributed by atoms with Crippen molar-refractivity contribution in [1.82, 2.24) is 4.98 Å². The molecule has 0 fully saturated rings. The van der Waals surface area contributed by atoms with Crippen molar-refractivity contribution >= 4 is 39.0 Å². The van der Waals surface area contributed by atoms with E-state index in [0.717, 1.165) is 10.0 Å². The van der Waals surface area contributed by atoms with Crippen molar-refractivity contribution in [1.29, 1.82) is 0 Å². The largest absolute Gasteiger partial charge is 0.365 e. The van der Waals surface area contributed by atoms with E-state index in [1.165, 1.54) is 12.1 Å². The molecule has 5 nitrogen and oxygen atoms in total. The van der Waals surface area contributed by atoms with E-state index in [1.807, 2.05) is 0 Å². The molecule has 2 rings (SSSR count). The number of nitro groups is 1. The maximum atomic E-state index is 10.5. The molecule has 19 heavy (non-hydrogen) atoms. The van der Waals surface area contributed by atoms with E-state index in [0.29, 0.717) is 17.4 Å². The third-order valence-electron chi connectivity index (χ3n) is 2.41. The zero-order chi connectivity index (χ0) is 13.8. The number of nitrogens with zero attached hydrogens (tertiary/aromatic N) is 2. The molecule has 1 aromatic carbocycles. The van der Waals surface area contributed by atoms with Crippen molar-refractivity contribution in [3.8, 4) is 0 Å². The second-order valence-corrected chi connectivity index (χ2v) is 5.08. The van der Waals surface area contributed by atoms with Crippen LogP contribution in [0.2, 0.25) is 5.02 Å². The summed E-state index contributed by atoms with van der Waals surface area (Å²) >= 11 is 9.29. The number of nitrogens with one attached hydrogen (secondary N) is 1. The van der Waals surface area contributed by atoms with Crippen molar-refractivity contribution in [2.75, 3.05) is 5.32 Å². The number of hydrogen-bond donors (Lipinski definition) is 1. The molecular formula is C12H9BrClN3O2. The summed E-state index contributed by atoms with van der Waals surface area (Å²) in [6.07, 6.45) is 1.64. The fourth-order valence-corrected chi connectivity index (χ4v) is 2.16. The van der Waals surface area contributed by atoms with Gasteiger partial charge in [0.15, 0.2) is 0 Å². The lowest BCUT2D eigenvalue weighted by molar-refractivity contribution is -0.384. The number of non-ortho nitro benzene ring substituents is 1. The van der Waals surface area contributed by atoms with Crippen molar-refractivity contribution in [3.63, 3.8) is 0 Å². The van der Waals surface area contributed by atoms with Crippen molar-refractivity contribution in [3.05, 3.63) is 61.7 Å². The first-order valence-electron chi connectivity index (χ1n) is 5.34. The average molecular weight is 343 g/mol. The second-order valence-electron chi connectivity index (χ2n) is 3.76. The Balaban J connectivity index is 2.04. The van der Waals surface area contributed by atoms with Gasteiger partial charge in [0.25, 0.3) is 5.69 Å². The lowest BCUT2D eigenvalue weighted by Crippen LogP contribution is -2.02. The van der Waals surface area contributed by atoms with Gasteiger partial charge in [0.1, 0.15) is 5.82 Å². The molecule has 0 spiro atoms. The van der Waals surface area contributed by atoms with Gasteiger partial charge in [0.2, 0.25) is 0 Å². The van der Waals surface area contributed by atoms with Gasteiger partial charge in [-0.3, -0.25) is 10.1 Å². The van der Waals surface area contributed by atoms with E-state index < -0.39 is 4.92 Å². The molecule has 1 heterocycles. The van der Waals surface area contributed by atoms with Crippen molar-refractivity contribution in [2.45, 2.75) is 6.54 Å². The topological polar surface area (TPSA) is 68.1 Å².